The van der Waals surface area contributed by atoms with Gasteiger partial charge < -0.3 is 15.0 Å². The van der Waals surface area contributed by atoms with Gasteiger partial charge in [-0.25, -0.2) is 5.43 Å². The van der Waals surface area contributed by atoms with Crippen molar-refractivity contribution in [2.24, 2.45) is 5.92 Å². The van der Waals surface area contributed by atoms with Crippen LogP contribution >= 0.6 is 0 Å². The number of ether oxygens (including phenoxy) is 1. The molecule has 0 fully saturated rings. The minimum absolute atomic E-state index is 0.258. The number of aldehydes is 1. The number of nitrogens with one attached hydrogen (secondary N) is 2. The van der Waals surface area contributed by atoms with Crippen molar-refractivity contribution in [3.8, 4) is 5.75 Å². The zero-order valence-corrected chi connectivity index (χ0v) is 14.7. The Balaban J connectivity index is 1.66. The van der Waals surface area contributed by atoms with E-state index < -0.39 is 0 Å². The molecule has 0 spiro atoms. The molecule has 2 aromatic carbocycles. The highest BCUT2D eigenvalue weighted by molar-refractivity contribution is 5.65. The van der Waals surface area contributed by atoms with Gasteiger partial charge in [0, 0.05) is 5.70 Å². The maximum Gasteiger partial charge on any atom is 0.142 e. The Labute approximate surface area is 148 Å². The summed E-state index contributed by atoms with van der Waals surface area (Å²) in [5, 5.41) is 0. The number of hydrazine groups is 1. The zero-order valence-electron chi connectivity index (χ0n) is 14.7. The molecule has 0 saturated carbocycles. The summed E-state index contributed by atoms with van der Waals surface area (Å²) in [7, 11) is 0. The summed E-state index contributed by atoms with van der Waals surface area (Å²) in [4.78, 5) is 11.3. The molecule has 1 unspecified atom stereocenters. The van der Waals surface area contributed by atoms with Crippen molar-refractivity contribution in [3.63, 3.8) is 0 Å². The van der Waals surface area contributed by atoms with E-state index in [0.717, 1.165) is 40.9 Å². The molecule has 1 heterocycles. The molecule has 4 nitrogen and oxygen atoms in total. The Morgan fingerprint density at radius 1 is 1.04 bits per heavy atom. The monoisotopic (exact) mass is 336 g/mol. The fraction of sp³-hybridized carbons (Fsp3) is 0.286. The number of hydrogen-bond donors (Lipinski definition) is 2. The smallest absolute Gasteiger partial charge is 0.142 e. The van der Waals surface area contributed by atoms with E-state index in [0.29, 0.717) is 12.5 Å². The van der Waals surface area contributed by atoms with Gasteiger partial charge in [-0.2, -0.15) is 0 Å². The number of allylic oxidation sites excluding steroid dienone is 1. The normalized spacial score (nSPS) is 16.8. The summed E-state index contributed by atoms with van der Waals surface area (Å²) in [6.45, 7) is 4.80. The van der Waals surface area contributed by atoms with Crippen molar-refractivity contribution in [3.05, 3.63) is 77.0 Å². The average Bonchev–Trinajstić information content (AvgIpc) is 3.05. The van der Waals surface area contributed by atoms with Crippen molar-refractivity contribution in [2.75, 3.05) is 0 Å². The lowest BCUT2D eigenvalue weighted by atomic mass is 9.95. The van der Waals surface area contributed by atoms with E-state index in [-0.39, 0.29) is 6.04 Å². The molecule has 0 aliphatic carbocycles. The minimum atomic E-state index is -0.258. The van der Waals surface area contributed by atoms with Gasteiger partial charge in [-0.15, -0.1) is 0 Å². The van der Waals surface area contributed by atoms with Gasteiger partial charge in [0.25, 0.3) is 0 Å². The number of carbonyl (C=O) groups excluding carboxylic acids is 1. The number of benzene rings is 2. The first-order chi connectivity index (χ1) is 12.2. The van der Waals surface area contributed by atoms with Crippen LogP contribution in [0.15, 0.2) is 65.9 Å². The van der Waals surface area contributed by atoms with Gasteiger partial charge in [0.1, 0.15) is 24.7 Å². The summed E-state index contributed by atoms with van der Waals surface area (Å²) < 4.78 is 5.83. The lowest BCUT2D eigenvalue weighted by Gasteiger charge is -2.12. The first-order valence-corrected chi connectivity index (χ1v) is 8.63. The van der Waals surface area contributed by atoms with Crippen molar-refractivity contribution in [1.82, 2.24) is 10.9 Å². The first-order valence-electron chi connectivity index (χ1n) is 8.63. The molecule has 0 aromatic heterocycles. The standard InChI is InChI=1S/C21H24N2O2/c1-15(2)21-19(20(13-24)22-23-21)12-16-8-10-18(11-9-16)25-14-17-6-4-3-5-7-17/h3-11,13,15,20,22-23H,12,14H2,1-2H3. The van der Waals surface area contributed by atoms with Gasteiger partial charge in [0.15, 0.2) is 0 Å². The van der Waals surface area contributed by atoms with Crippen molar-refractivity contribution in [1.29, 1.82) is 0 Å². The molecule has 1 atom stereocenters. The lowest BCUT2D eigenvalue weighted by Crippen LogP contribution is -2.34. The topological polar surface area (TPSA) is 50.4 Å². The van der Waals surface area contributed by atoms with Crippen LogP contribution in [0.1, 0.15) is 25.0 Å². The Morgan fingerprint density at radius 3 is 2.40 bits per heavy atom. The van der Waals surface area contributed by atoms with Crippen LogP contribution in [0.2, 0.25) is 0 Å². The summed E-state index contributed by atoms with van der Waals surface area (Å²) in [5.41, 5.74) is 10.7. The second kappa shape index (κ2) is 7.99. The van der Waals surface area contributed by atoms with E-state index in [9.17, 15) is 4.79 Å². The Hall–Kier alpha value is -2.59. The third-order valence-electron chi connectivity index (χ3n) is 4.36. The highest BCUT2D eigenvalue weighted by atomic mass is 16.5. The Bertz CT molecular complexity index is 736. The van der Waals surface area contributed by atoms with Crippen LogP contribution in [0.4, 0.5) is 0 Å². The summed E-state index contributed by atoms with van der Waals surface area (Å²) in [6, 6.07) is 18.0. The highest BCUT2D eigenvalue weighted by Gasteiger charge is 2.25. The summed E-state index contributed by atoms with van der Waals surface area (Å²) in [5.74, 6) is 1.20. The van der Waals surface area contributed by atoms with Crippen LogP contribution in [-0.4, -0.2) is 12.3 Å². The molecule has 2 N–H and O–H groups in total. The molecule has 4 heteroatoms. The largest absolute Gasteiger partial charge is 0.489 e. The second-order valence-corrected chi connectivity index (χ2v) is 6.57. The summed E-state index contributed by atoms with van der Waals surface area (Å²) in [6.07, 6.45) is 1.70. The first kappa shape index (κ1) is 17.2. The molecular weight excluding hydrogens is 312 g/mol. The van der Waals surface area contributed by atoms with Crippen molar-refractivity contribution < 1.29 is 9.53 Å². The molecule has 1 aliphatic heterocycles. The maximum atomic E-state index is 11.3. The van der Waals surface area contributed by atoms with E-state index in [1.165, 1.54) is 0 Å². The molecule has 0 bridgehead atoms. The average molecular weight is 336 g/mol. The summed E-state index contributed by atoms with van der Waals surface area (Å²) >= 11 is 0. The molecular formula is C21H24N2O2. The van der Waals surface area contributed by atoms with Gasteiger partial charge in [0.05, 0.1) is 0 Å². The third kappa shape index (κ3) is 4.28. The number of carbonyl (C=O) groups is 1. The predicted molar refractivity (Wildman–Crippen MR) is 98.9 cm³/mol. The molecule has 130 valence electrons. The second-order valence-electron chi connectivity index (χ2n) is 6.57. The molecule has 0 amide bonds. The van der Waals surface area contributed by atoms with Gasteiger partial charge in [-0.1, -0.05) is 56.3 Å². The fourth-order valence-corrected chi connectivity index (χ4v) is 2.99. The molecule has 2 aromatic rings. The maximum absolute atomic E-state index is 11.3. The fourth-order valence-electron chi connectivity index (χ4n) is 2.99. The van der Waals surface area contributed by atoms with Gasteiger partial charge >= 0.3 is 0 Å². The van der Waals surface area contributed by atoms with Crippen LogP contribution < -0.4 is 15.6 Å². The molecule has 0 saturated heterocycles. The van der Waals surface area contributed by atoms with E-state index in [1.54, 1.807) is 0 Å². The van der Waals surface area contributed by atoms with Gasteiger partial charge in [-0.3, -0.25) is 0 Å². The van der Waals surface area contributed by atoms with Gasteiger partial charge in [-0.05, 0) is 41.2 Å². The van der Waals surface area contributed by atoms with Crippen molar-refractivity contribution in [2.45, 2.75) is 32.9 Å². The number of rotatable bonds is 7. The van der Waals surface area contributed by atoms with Crippen molar-refractivity contribution >= 4 is 6.29 Å². The third-order valence-corrected chi connectivity index (χ3v) is 4.36. The molecule has 1 aliphatic rings. The van der Waals surface area contributed by atoms with Crippen LogP contribution in [0.3, 0.4) is 0 Å². The molecule has 25 heavy (non-hydrogen) atoms. The number of hydrogen-bond acceptors (Lipinski definition) is 4. The van der Waals surface area contributed by atoms with Crippen LogP contribution in [0.5, 0.6) is 5.75 Å². The SMILES string of the molecule is CC(C)C1=C(Cc2ccc(OCc3ccccc3)cc2)C(C=O)NN1. The Morgan fingerprint density at radius 2 is 1.76 bits per heavy atom. The van der Waals surface area contributed by atoms with Crippen LogP contribution in [0, 0.1) is 5.92 Å². The Kier molecular flexibility index (Phi) is 5.51. The van der Waals surface area contributed by atoms with Crippen LogP contribution in [-0.2, 0) is 17.8 Å². The highest BCUT2D eigenvalue weighted by Crippen LogP contribution is 2.24. The predicted octanol–water partition coefficient (Wildman–Crippen LogP) is 3.39. The van der Waals surface area contributed by atoms with E-state index in [2.05, 4.69) is 36.8 Å². The molecule has 3 rings (SSSR count). The van der Waals surface area contributed by atoms with E-state index in [4.69, 9.17) is 4.74 Å². The lowest BCUT2D eigenvalue weighted by molar-refractivity contribution is -0.108. The quantitative estimate of drug-likeness (QED) is 0.761. The minimum Gasteiger partial charge on any atom is -0.489 e. The zero-order chi connectivity index (χ0) is 17.6. The molecule has 0 radical (unpaired) electrons. The van der Waals surface area contributed by atoms with E-state index in [1.807, 2.05) is 42.5 Å². The van der Waals surface area contributed by atoms with Crippen LogP contribution in [0.25, 0.3) is 0 Å². The van der Waals surface area contributed by atoms with E-state index >= 15 is 0 Å². The van der Waals surface area contributed by atoms with Gasteiger partial charge in [0.2, 0.25) is 0 Å².